The Hall–Kier alpha value is -1.66. The van der Waals surface area contributed by atoms with Gasteiger partial charge in [-0.15, -0.1) is 0 Å². The van der Waals surface area contributed by atoms with Gasteiger partial charge in [0, 0.05) is 6.54 Å². The first-order valence-corrected chi connectivity index (χ1v) is 8.59. The summed E-state index contributed by atoms with van der Waals surface area (Å²) in [7, 11) is -3.38. The Bertz CT molecular complexity index is 632. The molecule has 0 saturated carbocycles. The lowest BCUT2D eigenvalue weighted by atomic mass is 10.1. The van der Waals surface area contributed by atoms with E-state index in [1.54, 1.807) is 0 Å². The second-order valence-electron chi connectivity index (χ2n) is 5.16. The average molecular weight is 309 g/mol. The number of hydrogen-bond donors (Lipinski definition) is 2. The van der Waals surface area contributed by atoms with E-state index < -0.39 is 16.0 Å². The van der Waals surface area contributed by atoms with Crippen LogP contribution in [0, 0.1) is 0 Å². The summed E-state index contributed by atoms with van der Waals surface area (Å²) in [6.45, 7) is 0.418. The molecular formula is C15H19NO4S. The minimum atomic E-state index is -3.38. The maximum absolute atomic E-state index is 11.9. The van der Waals surface area contributed by atoms with Crippen LogP contribution in [0.3, 0.4) is 0 Å². The summed E-state index contributed by atoms with van der Waals surface area (Å²) in [5.41, 5.74) is 2.05. The van der Waals surface area contributed by atoms with Gasteiger partial charge < -0.3 is 5.11 Å². The molecule has 1 aliphatic rings. The van der Waals surface area contributed by atoms with Gasteiger partial charge in [0.05, 0.1) is 11.3 Å². The molecule has 6 heteroatoms. The fraction of sp³-hybridized carbons (Fsp3) is 0.400. The number of carbonyl (C=O) groups is 1. The van der Waals surface area contributed by atoms with E-state index in [4.69, 9.17) is 5.11 Å². The Labute approximate surface area is 124 Å². The zero-order chi connectivity index (χ0) is 15.3. The lowest BCUT2D eigenvalue weighted by molar-refractivity contribution is 0.0697. The number of nitrogens with one attached hydrogen (secondary N) is 1. The summed E-state index contributed by atoms with van der Waals surface area (Å²) in [4.78, 5) is 10.7. The Kier molecular flexibility index (Phi) is 5.14. The van der Waals surface area contributed by atoms with E-state index in [2.05, 4.69) is 10.8 Å². The fourth-order valence-electron chi connectivity index (χ4n) is 2.35. The molecule has 5 nitrogen and oxygen atoms in total. The zero-order valence-corrected chi connectivity index (χ0v) is 12.5. The SMILES string of the molecule is O=C(O)c1ccc(CS(=O)(=O)NCCC2=CCCC2)cc1. The highest BCUT2D eigenvalue weighted by atomic mass is 32.2. The van der Waals surface area contributed by atoms with Crippen molar-refractivity contribution < 1.29 is 18.3 Å². The molecule has 1 aromatic rings. The third-order valence-electron chi connectivity index (χ3n) is 3.46. The van der Waals surface area contributed by atoms with Gasteiger partial charge >= 0.3 is 5.97 Å². The molecule has 0 aromatic heterocycles. The monoisotopic (exact) mass is 309 g/mol. The van der Waals surface area contributed by atoms with Crippen LogP contribution in [-0.2, 0) is 15.8 Å². The van der Waals surface area contributed by atoms with E-state index in [0.717, 1.165) is 25.7 Å². The first-order chi connectivity index (χ1) is 9.96. The molecule has 0 atom stereocenters. The molecule has 0 bridgehead atoms. The zero-order valence-electron chi connectivity index (χ0n) is 11.7. The number of carboxylic acids is 1. The second kappa shape index (κ2) is 6.87. The minimum Gasteiger partial charge on any atom is -0.478 e. The largest absolute Gasteiger partial charge is 0.478 e. The van der Waals surface area contributed by atoms with Gasteiger partial charge in [-0.05, 0) is 43.4 Å². The predicted octanol–water partition coefficient (Wildman–Crippen LogP) is 2.30. The van der Waals surface area contributed by atoms with Gasteiger partial charge in [-0.25, -0.2) is 17.9 Å². The Morgan fingerprint density at radius 1 is 1.24 bits per heavy atom. The van der Waals surface area contributed by atoms with Crippen LogP contribution < -0.4 is 4.72 Å². The third kappa shape index (κ3) is 4.99. The Morgan fingerprint density at radius 3 is 2.52 bits per heavy atom. The fourth-order valence-corrected chi connectivity index (χ4v) is 3.49. The van der Waals surface area contributed by atoms with E-state index in [1.807, 2.05) is 0 Å². The molecule has 0 spiro atoms. The standard InChI is InChI=1S/C15H19NO4S/c17-15(18)14-7-5-13(6-8-14)11-21(19,20)16-10-9-12-3-1-2-4-12/h3,5-8,16H,1-2,4,9-11H2,(H,17,18). The number of allylic oxidation sites excluding steroid dienone is 1. The lowest BCUT2D eigenvalue weighted by Crippen LogP contribution is -2.26. The molecule has 0 amide bonds. The van der Waals surface area contributed by atoms with Crippen molar-refractivity contribution in [1.29, 1.82) is 0 Å². The summed E-state index contributed by atoms with van der Waals surface area (Å²) in [5.74, 6) is -1.15. The first-order valence-electron chi connectivity index (χ1n) is 6.94. The number of benzene rings is 1. The molecule has 2 rings (SSSR count). The van der Waals surface area contributed by atoms with E-state index >= 15 is 0 Å². The van der Waals surface area contributed by atoms with Crippen LogP contribution in [-0.4, -0.2) is 26.0 Å². The van der Waals surface area contributed by atoms with Gasteiger partial charge in [0.25, 0.3) is 0 Å². The van der Waals surface area contributed by atoms with Crippen LogP contribution in [0.2, 0.25) is 0 Å². The number of carboxylic acid groups (broad SMARTS) is 1. The van der Waals surface area contributed by atoms with Crippen molar-refractivity contribution in [3.05, 3.63) is 47.0 Å². The lowest BCUT2D eigenvalue weighted by Gasteiger charge is -2.07. The van der Waals surface area contributed by atoms with Crippen LogP contribution in [0.25, 0.3) is 0 Å². The molecule has 0 aliphatic heterocycles. The van der Waals surface area contributed by atoms with Gasteiger partial charge in [0.2, 0.25) is 10.0 Å². The highest BCUT2D eigenvalue weighted by Gasteiger charge is 2.12. The van der Waals surface area contributed by atoms with Gasteiger partial charge in [-0.1, -0.05) is 23.8 Å². The van der Waals surface area contributed by atoms with Crippen LogP contribution in [0.4, 0.5) is 0 Å². The summed E-state index contributed by atoms with van der Waals surface area (Å²) in [6, 6.07) is 5.89. The van der Waals surface area contributed by atoms with Crippen LogP contribution in [0.1, 0.15) is 41.6 Å². The Morgan fingerprint density at radius 2 is 1.95 bits per heavy atom. The average Bonchev–Trinajstić information content (AvgIpc) is 2.91. The molecule has 0 heterocycles. The number of rotatable bonds is 7. The molecule has 1 aliphatic carbocycles. The quantitative estimate of drug-likeness (QED) is 0.757. The van der Waals surface area contributed by atoms with Gasteiger partial charge in [0.1, 0.15) is 0 Å². The van der Waals surface area contributed by atoms with Crippen LogP contribution in [0.15, 0.2) is 35.9 Å². The van der Waals surface area contributed by atoms with Crippen molar-refractivity contribution in [2.75, 3.05) is 6.54 Å². The summed E-state index contributed by atoms with van der Waals surface area (Å²) < 4.78 is 26.5. The number of aromatic carboxylic acids is 1. The molecule has 114 valence electrons. The smallest absolute Gasteiger partial charge is 0.335 e. The molecule has 0 fully saturated rings. The van der Waals surface area contributed by atoms with Crippen molar-refractivity contribution in [2.45, 2.75) is 31.4 Å². The van der Waals surface area contributed by atoms with Gasteiger partial charge in [0.15, 0.2) is 0 Å². The summed E-state index contributed by atoms with van der Waals surface area (Å²) in [5, 5.41) is 8.79. The molecular weight excluding hydrogens is 290 g/mol. The van der Waals surface area contributed by atoms with Gasteiger partial charge in [-0.3, -0.25) is 0 Å². The topological polar surface area (TPSA) is 83.5 Å². The van der Waals surface area contributed by atoms with Crippen molar-refractivity contribution in [2.24, 2.45) is 0 Å². The maximum atomic E-state index is 11.9. The molecule has 1 aromatic carbocycles. The van der Waals surface area contributed by atoms with Crippen molar-refractivity contribution >= 4 is 16.0 Å². The summed E-state index contributed by atoms with van der Waals surface area (Å²) in [6.07, 6.45) is 6.27. The molecule has 21 heavy (non-hydrogen) atoms. The van der Waals surface area contributed by atoms with E-state index in [0.29, 0.717) is 12.1 Å². The molecule has 0 unspecified atom stereocenters. The number of sulfonamides is 1. The predicted molar refractivity (Wildman–Crippen MR) is 80.6 cm³/mol. The first kappa shape index (κ1) is 15.7. The highest BCUT2D eigenvalue weighted by molar-refractivity contribution is 7.88. The minimum absolute atomic E-state index is 0.133. The Balaban J connectivity index is 1.86. The summed E-state index contributed by atoms with van der Waals surface area (Å²) >= 11 is 0. The van der Waals surface area contributed by atoms with Crippen molar-refractivity contribution in [3.63, 3.8) is 0 Å². The van der Waals surface area contributed by atoms with E-state index in [-0.39, 0.29) is 11.3 Å². The van der Waals surface area contributed by atoms with E-state index in [1.165, 1.54) is 29.8 Å². The second-order valence-corrected chi connectivity index (χ2v) is 6.97. The van der Waals surface area contributed by atoms with Crippen LogP contribution in [0.5, 0.6) is 0 Å². The van der Waals surface area contributed by atoms with Crippen LogP contribution >= 0.6 is 0 Å². The van der Waals surface area contributed by atoms with Gasteiger partial charge in [-0.2, -0.15) is 0 Å². The maximum Gasteiger partial charge on any atom is 0.335 e. The van der Waals surface area contributed by atoms with Crippen molar-refractivity contribution in [3.8, 4) is 0 Å². The van der Waals surface area contributed by atoms with E-state index in [9.17, 15) is 13.2 Å². The highest BCUT2D eigenvalue weighted by Crippen LogP contribution is 2.19. The van der Waals surface area contributed by atoms with Crippen molar-refractivity contribution in [1.82, 2.24) is 4.72 Å². The normalized spacial score (nSPS) is 15.0. The molecule has 0 radical (unpaired) electrons. The molecule has 2 N–H and O–H groups in total. The third-order valence-corrected chi connectivity index (χ3v) is 4.82. The molecule has 0 saturated heterocycles. The number of hydrogen-bond acceptors (Lipinski definition) is 3.